The maximum atomic E-state index is 9.08. The van der Waals surface area contributed by atoms with Crippen LogP contribution in [-0.4, -0.2) is 15.0 Å². The van der Waals surface area contributed by atoms with E-state index in [1.807, 2.05) is 13.8 Å². The van der Waals surface area contributed by atoms with Crippen LogP contribution in [0.4, 0.5) is 0 Å². The molecule has 1 atom stereocenters. The van der Waals surface area contributed by atoms with E-state index in [9.17, 15) is 0 Å². The third-order valence-corrected chi connectivity index (χ3v) is 1.50. The molecule has 0 radical (unpaired) electrons. The zero-order chi connectivity index (χ0) is 8.36. The Hall–Kier alpha value is 0.570. The highest BCUT2D eigenvalue weighted by Crippen LogP contribution is 2.31. The van der Waals surface area contributed by atoms with Gasteiger partial charge in [-0.15, -0.1) is 0 Å². The second-order valence-electron chi connectivity index (χ2n) is 2.23. The minimum absolute atomic E-state index is 0.916. The highest BCUT2D eigenvalue weighted by Gasteiger charge is 2.28. The molecule has 0 heterocycles. The average molecular weight is 203 g/mol. The number of hydrogen-bond acceptors (Lipinski definition) is 1. The summed E-state index contributed by atoms with van der Waals surface area (Å²) in [4.78, 5) is 0. The number of halogens is 3. The highest BCUT2D eigenvalue weighted by atomic mass is 35.6. The Bertz CT molecular complexity index is 132. The van der Waals surface area contributed by atoms with Gasteiger partial charge in [0.2, 0.25) is 3.79 Å². The van der Waals surface area contributed by atoms with E-state index in [2.05, 4.69) is 0 Å². The molecule has 1 nitrogen and oxygen atoms in total. The van der Waals surface area contributed by atoms with Crippen LogP contribution in [0.15, 0.2) is 11.6 Å². The van der Waals surface area contributed by atoms with Crippen molar-refractivity contribution in [2.24, 2.45) is 0 Å². The molecule has 0 spiro atoms. The molecule has 0 fully saturated rings. The van der Waals surface area contributed by atoms with Crippen LogP contribution in [0.2, 0.25) is 0 Å². The summed E-state index contributed by atoms with van der Waals surface area (Å²) in [6.45, 7) is 3.64. The van der Waals surface area contributed by atoms with Gasteiger partial charge in [-0.25, -0.2) is 0 Å². The van der Waals surface area contributed by atoms with Gasteiger partial charge in [0.25, 0.3) is 0 Å². The number of aliphatic hydroxyl groups excluding tert-OH is 1. The van der Waals surface area contributed by atoms with Crippen LogP contribution in [0.3, 0.4) is 0 Å². The van der Waals surface area contributed by atoms with E-state index in [1.165, 1.54) is 6.08 Å². The molecule has 0 aliphatic rings. The van der Waals surface area contributed by atoms with Crippen LogP contribution in [-0.2, 0) is 0 Å². The van der Waals surface area contributed by atoms with E-state index in [0.29, 0.717) is 0 Å². The molecule has 4 heteroatoms. The monoisotopic (exact) mass is 202 g/mol. The fourth-order valence-electron chi connectivity index (χ4n) is 0.410. The van der Waals surface area contributed by atoms with Crippen LogP contribution < -0.4 is 0 Å². The zero-order valence-corrected chi connectivity index (χ0v) is 8.00. The van der Waals surface area contributed by atoms with Gasteiger partial charge < -0.3 is 5.11 Å². The first-order chi connectivity index (χ1) is 4.34. The van der Waals surface area contributed by atoms with Crippen molar-refractivity contribution in [1.29, 1.82) is 0 Å². The van der Waals surface area contributed by atoms with E-state index in [-0.39, 0.29) is 0 Å². The topological polar surface area (TPSA) is 20.2 Å². The normalized spacial score (nSPS) is 14.6. The van der Waals surface area contributed by atoms with Gasteiger partial charge in [0, 0.05) is 0 Å². The predicted octanol–water partition coefficient (Wildman–Crippen LogP) is 2.68. The molecule has 0 aromatic rings. The largest absolute Gasteiger partial charge is 0.385 e. The minimum atomic E-state index is -1.61. The van der Waals surface area contributed by atoms with E-state index >= 15 is 0 Å². The lowest BCUT2D eigenvalue weighted by Gasteiger charge is -2.15. The molecule has 1 unspecified atom stereocenters. The van der Waals surface area contributed by atoms with Crippen molar-refractivity contribution in [2.75, 3.05) is 0 Å². The molecule has 0 rings (SSSR count). The van der Waals surface area contributed by atoms with Gasteiger partial charge in [-0.2, -0.15) is 0 Å². The fraction of sp³-hybridized carbons (Fsp3) is 0.667. The molecular weight excluding hydrogens is 194 g/mol. The summed E-state index contributed by atoms with van der Waals surface area (Å²) < 4.78 is -1.61. The van der Waals surface area contributed by atoms with Gasteiger partial charge in [-0.1, -0.05) is 46.5 Å². The average Bonchev–Trinajstić information content (AvgIpc) is 1.60. The second kappa shape index (κ2) is 3.82. The summed E-state index contributed by atoms with van der Waals surface area (Å²) in [6.07, 6.45) is 0.468. The Morgan fingerprint density at radius 2 is 1.80 bits per heavy atom. The summed E-state index contributed by atoms with van der Waals surface area (Å²) in [6, 6.07) is 0. The Morgan fingerprint density at radius 1 is 1.40 bits per heavy atom. The Balaban J connectivity index is 4.11. The van der Waals surface area contributed by atoms with Gasteiger partial charge in [0.05, 0.1) is 0 Å². The molecule has 60 valence electrons. The number of allylic oxidation sites excluding steroid dienone is 1. The number of hydrogen-bond donors (Lipinski definition) is 1. The Labute approximate surface area is 75.6 Å². The van der Waals surface area contributed by atoms with Crippen LogP contribution in [0.1, 0.15) is 13.8 Å². The maximum absolute atomic E-state index is 9.08. The van der Waals surface area contributed by atoms with Crippen LogP contribution in [0, 0.1) is 0 Å². The van der Waals surface area contributed by atoms with Crippen molar-refractivity contribution in [2.45, 2.75) is 23.7 Å². The van der Waals surface area contributed by atoms with Crippen molar-refractivity contribution in [1.82, 2.24) is 0 Å². The fourth-order valence-corrected chi connectivity index (χ4v) is 0.599. The molecule has 1 N–H and O–H groups in total. The lowest BCUT2D eigenvalue weighted by atomic mass is 10.2. The summed E-state index contributed by atoms with van der Waals surface area (Å²) in [7, 11) is 0. The van der Waals surface area contributed by atoms with E-state index < -0.39 is 9.90 Å². The predicted molar refractivity (Wildman–Crippen MR) is 45.7 cm³/mol. The number of aliphatic hydroxyl groups is 1. The van der Waals surface area contributed by atoms with Gasteiger partial charge in [0.15, 0.2) is 0 Å². The molecule has 0 aliphatic carbocycles. The van der Waals surface area contributed by atoms with Gasteiger partial charge in [-0.3, -0.25) is 0 Å². The molecule has 0 aliphatic heterocycles. The van der Waals surface area contributed by atoms with Gasteiger partial charge >= 0.3 is 0 Å². The molecule has 0 bridgehead atoms. The zero-order valence-electron chi connectivity index (χ0n) is 5.74. The molecule has 0 aromatic heterocycles. The van der Waals surface area contributed by atoms with Crippen molar-refractivity contribution >= 4 is 34.8 Å². The van der Waals surface area contributed by atoms with Crippen molar-refractivity contribution in [3.05, 3.63) is 11.6 Å². The standard InChI is InChI=1S/C6H9Cl3O/c1-4(2)3-5(10)6(7,8)9/h3,5,10H,1-2H3. The molecule has 0 amide bonds. The summed E-state index contributed by atoms with van der Waals surface area (Å²) in [5.41, 5.74) is 0.916. The third-order valence-electron chi connectivity index (χ3n) is 0.827. The van der Waals surface area contributed by atoms with E-state index in [4.69, 9.17) is 39.9 Å². The minimum Gasteiger partial charge on any atom is -0.385 e. The quantitative estimate of drug-likeness (QED) is 0.513. The molecule has 0 saturated carbocycles. The summed E-state index contributed by atoms with van der Waals surface area (Å²) in [5, 5.41) is 9.08. The lowest BCUT2D eigenvalue weighted by molar-refractivity contribution is 0.227. The van der Waals surface area contributed by atoms with Gasteiger partial charge in [0.1, 0.15) is 6.10 Å². The summed E-state index contributed by atoms with van der Waals surface area (Å²) in [5.74, 6) is 0. The molecule has 0 saturated heterocycles. The second-order valence-corrected chi connectivity index (χ2v) is 4.60. The lowest BCUT2D eigenvalue weighted by Crippen LogP contribution is -2.22. The van der Waals surface area contributed by atoms with Gasteiger partial charge in [-0.05, 0) is 13.8 Å². The number of rotatable bonds is 1. The number of alkyl halides is 3. The third kappa shape index (κ3) is 4.40. The Kier molecular flexibility index (Phi) is 4.03. The molecule has 0 aromatic carbocycles. The first-order valence-corrected chi connectivity index (χ1v) is 3.87. The van der Waals surface area contributed by atoms with Crippen LogP contribution in [0.25, 0.3) is 0 Å². The highest BCUT2D eigenvalue weighted by molar-refractivity contribution is 6.68. The SMILES string of the molecule is CC(C)=CC(O)C(Cl)(Cl)Cl. The summed E-state index contributed by atoms with van der Waals surface area (Å²) >= 11 is 16.1. The molecule has 10 heavy (non-hydrogen) atoms. The maximum Gasteiger partial charge on any atom is 0.219 e. The first kappa shape index (κ1) is 10.6. The first-order valence-electron chi connectivity index (χ1n) is 2.74. The Morgan fingerprint density at radius 3 is 1.90 bits per heavy atom. The van der Waals surface area contributed by atoms with E-state index in [1.54, 1.807) is 0 Å². The van der Waals surface area contributed by atoms with Crippen molar-refractivity contribution in [3.8, 4) is 0 Å². The van der Waals surface area contributed by atoms with Crippen LogP contribution in [0.5, 0.6) is 0 Å². The molecular formula is C6H9Cl3O. The van der Waals surface area contributed by atoms with Crippen LogP contribution >= 0.6 is 34.8 Å². The van der Waals surface area contributed by atoms with Crippen molar-refractivity contribution < 1.29 is 5.11 Å². The van der Waals surface area contributed by atoms with Crippen molar-refractivity contribution in [3.63, 3.8) is 0 Å². The smallest absolute Gasteiger partial charge is 0.219 e. The van der Waals surface area contributed by atoms with E-state index in [0.717, 1.165) is 5.57 Å².